The summed E-state index contributed by atoms with van der Waals surface area (Å²) in [6.07, 6.45) is -2.23. The first kappa shape index (κ1) is 85.9. The van der Waals surface area contributed by atoms with Crippen LogP contribution in [0.2, 0.25) is 0 Å². The Morgan fingerprint density at radius 2 is 1.26 bits per heavy atom. The Labute approximate surface area is 632 Å². The Kier molecular flexibility index (Phi) is 29.2. The first-order valence-corrected chi connectivity index (χ1v) is 39.2. The zero-order valence-corrected chi connectivity index (χ0v) is 65.7. The molecule has 3 N–H and O–H groups in total. The third kappa shape index (κ3) is 20.8. The van der Waals surface area contributed by atoms with Gasteiger partial charge in [0.15, 0.2) is 0 Å². The number of nitrogens with one attached hydrogen (secondary N) is 3. The SMILES string of the molecule is CCO[C@@H]1C[C@H]2C(=O)NC3(CC(C)(C)C3)C(=O)N(C)[C@@H](C3CCCC3)C(=O)N(C)[C@H](C(=O)N(C)C)CC(=O)N(C)[C@@H](CC3CC3)C(=O)N[C@@H]([C@@H](C)CC)C(=O)N(C)CC(=O)N(C)[C@H]3C/C=C\CCN(C3=O)[C@@H](CC3CCC(C(F)(F)F)CC3)C(=O)N(C)CC(=O)N[C@@H](CCC3CC(F)C(Cl)C(F)C3)C(=O)N2C1. The van der Waals surface area contributed by atoms with Crippen molar-refractivity contribution in [1.29, 1.82) is 0 Å². The van der Waals surface area contributed by atoms with Crippen LogP contribution in [-0.4, -0.2) is 288 Å². The normalized spacial score (nSPS) is 33.1. The van der Waals surface area contributed by atoms with E-state index in [1.807, 2.05) is 20.8 Å². The summed E-state index contributed by atoms with van der Waals surface area (Å²) in [6, 6.07) is -10.8. The molecule has 0 aromatic rings. The van der Waals surface area contributed by atoms with Crippen LogP contribution in [0, 0.1) is 40.9 Å². The number of ether oxygens (including phenoxy) is 1. The Morgan fingerprint density at radius 1 is 0.664 bits per heavy atom. The summed E-state index contributed by atoms with van der Waals surface area (Å²) in [5, 5.41) is 7.32. The van der Waals surface area contributed by atoms with Gasteiger partial charge in [0.1, 0.15) is 66.2 Å². The molecule has 3 aliphatic heterocycles. The fourth-order valence-corrected chi connectivity index (χ4v) is 17.9. The summed E-state index contributed by atoms with van der Waals surface area (Å²) in [6.45, 7) is 7.57. The van der Waals surface area contributed by atoms with E-state index in [9.17, 15) is 41.9 Å². The highest BCUT2D eigenvalue weighted by atomic mass is 35.5. The van der Waals surface area contributed by atoms with E-state index in [-0.39, 0.29) is 122 Å². The topological polar surface area (TPSA) is 279 Å². The van der Waals surface area contributed by atoms with E-state index in [0.29, 0.717) is 32.1 Å². The maximum absolute atomic E-state index is 15.8. The van der Waals surface area contributed by atoms with Gasteiger partial charge in [-0.05, 0) is 145 Å². The Balaban J connectivity index is 1.21. The molecule has 2 saturated heterocycles. The Morgan fingerprint density at radius 3 is 1.83 bits per heavy atom. The number of halogens is 6. The van der Waals surface area contributed by atoms with Crippen molar-refractivity contribution in [3.8, 4) is 0 Å². The van der Waals surface area contributed by atoms with Gasteiger partial charge in [0.05, 0.1) is 36.9 Å². The molecule has 1 spiro atoms. The lowest BCUT2D eigenvalue weighted by molar-refractivity contribution is -0.184. The van der Waals surface area contributed by atoms with Gasteiger partial charge in [-0.25, -0.2) is 8.78 Å². The molecule has 0 aromatic heterocycles. The summed E-state index contributed by atoms with van der Waals surface area (Å²) in [5.74, 6) is -12.4. The Bertz CT molecular complexity index is 3240. The minimum Gasteiger partial charge on any atom is -0.377 e. The quantitative estimate of drug-likeness (QED) is 0.106. The average Bonchev–Trinajstić information content (AvgIpc) is 1.21. The lowest BCUT2D eigenvalue weighted by atomic mass is 9.58. The van der Waals surface area contributed by atoms with E-state index >= 15 is 37.5 Å². The third-order valence-corrected chi connectivity index (χ3v) is 24.9. The highest BCUT2D eigenvalue weighted by molar-refractivity contribution is 6.21. The highest BCUT2D eigenvalue weighted by Crippen LogP contribution is 2.50. The minimum atomic E-state index is -4.47. The van der Waals surface area contributed by atoms with Crippen molar-refractivity contribution in [3.63, 3.8) is 0 Å². The van der Waals surface area contributed by atoms with Crippen LogP contribution >= 0.6 is 11.6 Å². The summed E-state index contributed by atoms with van der Waals surface area (Å²) in [5.41, 5.74) is -2.23. The summed E-state index contributed by atoms with van der Waals surface area (Å²) in [4.78, 5) is 193. The van der Waals surface area contributed by atoms with Crippen molar-refractivity contribution in [2.24, 2.45) is 40.9 Å². The molecule has 0 aromatic carbocycles. The van der Waals surface area contributed by atoms with Crippen molar-refractivity contribution in [3.05, 3.63) is 12.2 Å². The molecule has 8 aliphatic rings. The first-order valence-electron chi connectivity index (χ1n) is 38.8. The van der Waals surface area contributed by atoms with Crippen LogP contribution in [0.1, 0.15) is 182 Å². The molecule has 7 fully saturated rings. The predicted molar refractivity (Wildman–Crippen MR) is 388 cm³/mol. The van der Waals surface area contributed by atoms with Gasteiger partial charge in [0, 0.05) is 82.5 Å². The zero-order valence-electron chi connectivity index (χ0n) is 64.9. The van der Waals surface area contributed by atoms with Crippen LogP contribution in [-0.2, 0) is 62.3 Å². The number of nitrogens with zero attached hydrogens (tertiary/aromatic N) is 9. The van der Waals surface area contributed by atoms with Crippen LogP contribution < -0.4 is 16.0 Å². The van der Waals surface area contributed by atoms with Gasteiger partial charge in [-0.2, -0.15) is 13.2 Å². The molecular weight excluding hydrogens is 1420 g/mol. The van der Waals surface area contributed by atoms with Crippen LogP contribution in [0.4, 0.5) is 22.0 Å². The van der Waals surface area contributed by atoms with E-state index in [1.54, 1.807) is 26.0 Å². The summed E-state index contributed by atoms with van der Waals surface area (Å²) < 4.78 is 79.2. The third-order valence-electron chi connectivity index (χ3n) is 24.4. The molecule has 5 aliphatic carbocycles. The molecule has 602 valence electrons. The summed E-state index contributed by atoms with van der Waals surface area (Å²) >= 11 is 6.11. The lowest BCUT2D eigenvalue weighted by Gasteiger charge is -2.54. The van der Waals surface area contributed by atoms with Crippen LogP contribution in [0.5, 0.6) is 0 Å². The summed E-state index contributed by atoms with van der Waals surface area (Å²) in [7, 11) is 11.3. The maximum Gasteiger partial charge on any atom is 0.391 e. The van der Waals surface area contributed by atoms with Crippen molar-refractivity contribution >= 4 is 82.5 Å². The first-order chi connectivity index (χ1) is 50.2. The molecule has 2 bridgehead atoms. The van der Waals surface area contributed by atoms with Gasteiger partial charge in [-0.1, -0.05) is 72.0 Å². The molecule has 12 amide bonds. The largest absolute Gasteiger partial charge is 0.391 e. The van der Waals surface area contributed by atoms with Crippen LogP contribution in [0.15, 0.2) is 12.2 Å². The monoisotopic (exact) mass is 1540 g/mol. The Hall–Kier alpha value is -6.72. The second-order valence-electron chi connectivity index (χ2n) is 33.2. The number of fused-ring (bicyclic) bond motifs is 3. The number of carbonyl (C=O) groups excluding carboxylic acids is 12. The number of hydrogen-bond donors (Lipinski definition) is 3. The van der Waals surface area contributed by atoms with Gasteiger partial charge >= 0.3 is 6.18 Å². The van der Waals surface area contributed by atoms with Crippen molar-refractivity contribution in [2.75, 3.05) is 89.2 Å². The molecule has 25 nitrogen and oxygen atoms in total. The van der Waals surface area contributed by atoms with Crippen molar-refractivity contribution in [2.45, 2.75) is 266 Å². The van der Waals surface area contributed by atoms with E-state index in [0.717, 1.165) is 27.5 Å². The molecule has 3 heterocycles. The zero-order chi connectivity index (χ0) is 79.1. The van der Waals surface area contributed by atoms with E-state index < -0.39 is 209 Å². The van der Waals surface area contributed by atoms with Crippen molar-refractivity contribution in [1.82, 2.24) is 60.0 Å². The van der Waals surface area contributed by atoms with Gasteiger partial charge in [0.2, 0.25) is 70.9 Å². The van der Waals surface area contributed by atoms with Gasteiger partial charge in [0.25, 0.3) is 0 Å². The number of rotatable bonds is 13. The second kappa shape index (κ2) is 36.4. The second-order valence-corrected chi connectivity index (χ2v) is 33.7. The highest BCUT2D eigenvalue weighted by Gasteiger charge is 2.60. The van der Waals surface area contributed by atoms with Crippen LogP contribution in [0.25, 0.3) is 0 Å². The van der Waals surface area contributed by atoms with E-state index in [2.05, 4.69) is 16.0 Å². The molecule has 12 atom stereocenters. The standard InChI is InChI=1S/C76H118ClF5N12O13/c1-14-44(3)63-71(104)88(9)41-61(97)89(10)54-23-17-16-20-32-93(70(54)103)58(36-46-26-29-49(30-27-46)76(80,81)82)69(102)87(8)40-59(95)83-53(31-28-47-33-51(78)62(77)52(79)34-47)67(100)94-39-50(107-15-2)37-56(94)66(99)85-75(42-74(4,5)43-75)73(106)92(13)64(48-21-18-19-22-48)72(105)91(12)57(68(101)86(6)7)38-60(96)90(11)55(65(98)84-63)35-45-24-25-45/h16-17,44-58,62-64H,14-15,18-43H2,1-13H3,(H,83,95)(H,84,98)(H,85,99)/b17-16-/t44-,46?,47?,49?,50+,51?,52?,53-,54-,55-,56-,57-,58-,62?,63-,64-/m0/s1. The fourth-order valence-electron chi connectivity index (χ4n) is 17.7. The molecule has 107 heavy (non-hydrogen) atoms. The van der Waals surface area contributed by atoms with Gasteiger partial charge in [-0.15, -0.1) is 11.6 Å². The van der Waals surface area contributed by atoms with Gasteiger partial charge in [-0.3, -0.25) is 57.5 Å². The molecule has 0 radical (unpaired) electrons. The fraction of sp³-hybridized carbons (Fsp3) is 0.816. The lowest BCUT2D eigenvalue weighted by Crippen LogP contribution is -2.71. The molecule has 5 saturated carbocycles. The number of hydrogen-bond acceptors (Lipinski definition) is 13. The van der Waals surface area contributed by atoms with Crippen LogP contribution in [0.3, 0.4) is 0 Å². The molecule has 2 unspecified atom stereocenters. The molecule has 8 rings (SSSR count). The number of carbonyl (C=O) groups is 12. The maximum atomic E-state index is 15.8. The predicted octanol–water partition coefficient (Wildman–Crippen LogP) is 6.17. The average molecular weight is 1540 g/mol. The number of likely N-dealkylation sites (N-methyl/N-ethyl adjacent to an activating group) is 7. The molecular formula is C76H118ClF5N12O13. The van der Waals surface area contributed by atoms with E-state index in [4.69, 9.17) is 16.3 Å². The van der Waals surface area contributed by atoms with Crippen molar-refractivity contribution < 1.29 is 84.2 Å². The number of amides is 12. The molecule has 31 heteroatoms. The smallest absolute Gasteiger partial charge is 0.377 e. The minimum absolute atomic E-state index is 0.0193. The number of alkyl halides is 6. The van der Waals surface area contributed by atoms with Gasteiger partial charge < -0.3 is 64.8 Å². The van der Waals surface area contributed by atoms with E-state index in [1.165, 1.54) is 85.8 Å².